The molecule has 0 aromatic carbocycles. The number of fused-ring (bicyclic) bond motifs is 2. The number of hydrogen-bond acceptors (Lipinski definition) is 5. The highest BCUT2D eigenvalue weighted by Crippen LogP contribution is 2.37. The van der Waals surface area contributed by atoms with Crippen LogP contribution in [-0.4, -0.2) is 20.4 Å². The molecule has 0 saturated heterocycles. The van der Waals surface area contributed by atoms with Crippen molar-refractivity contribution in [2.75, 3.05) is 5.32 Å². The van der Waals surface area contributed by atoms with Crippen molar-refractivity contribution in [1.29, 1.82) is 0 Å². The van der Waals surface area contributed by atoms with E-state index in [1.165, 1.54) is 6.33 Å². The zero-order valence-electron chi connectivity index (χ0n) is 13.8. The smallest absolute Gasteiger partial charge is 0.276 e. The largest absolute Gasteiger partial charge is 0.336 e. The third-order valence-corrected chi connectivity index (χ3v) is 5.16. The fraction of sp³-hybridized carbons (Fsp3) is 0.412. The van der Waals surface area contributed by atoms with Crippen LogP contribution in [0.1, 0.15) is 48.2 Å². The van der Waals surface area contributed by atoms with Gasteiger partial charge in [-0.05, 0) is 44.2 Å². The number of amides is 1. The van der Waals surface area contributed by atoms with Gasteiger partial charge in [-0.2, -0.15) is 0 Å². The highest BCUT2D eigenvalue weighted by molar-refractivity contribution is 6.29. The molecular weight excluding hydrogens is 342 g/mol. The second-order valence-corrected chi connectivity index (χ2v) is 7.01. The predicted molar refractivity (Wildman–Crippen MR) is 94.3 cm³/mol. The van der Waals surface area contributed by atoms with Gasteiger partial charge in [0.15, 0.2) is 0 Å². The first-order chi connectivity index (χ1) is 12.0. The van der Waals surface area contributed by atoms with Crippen LogP contribution in [-0.2, 0) is 5.66 Å². The number of nitrogens with one attached hydrogen (secondary N) is 2. The Bertz CT molecular complexity index is 918. The molecule has 2 aliphatic rings. The standard InChI is InChI=1S/C17H18ClN5O2/c1-10-7-11(21-13-8-12(18)19-9-20-13)16(25)23-14(10)15(24)22-17(23)5-3-2-4-6-17/h7-9H,2-6H2,1H3,(H,22,24)(H,19,20,21). The molecule has 25 heavy (non-hydrogen) atoms. The van der Waals surface area contributed by atoms with E-state index in [2.05, 4.69) is 20.6 Å². The summed E-state index contributed by atoms with van der Waals surface area (Å²) in [4.78, 5) is 33.6. The van der Waals surface area contributed by atoms with Gasteiger partial charge in [0.2, 0.25) is 0 Å². The Morgan fingerprint density at radius 1 is 1.20 bits per heavy atom. The third kappa shape index (κ3) is 2.59. The van der Waals surface area contributed by atoms with Gasteiger partial charge >= 0.3 is 0 Å². The Labute approximate surface area is 149 Å². The number of carbonyl (C=O) groups is 1. The Hall–Kier alpha value is -2.41. The molecular formula is C17H18ClN5O2. The molecule has 2 N–H and O–H groups in total. The van der Waals surface area contributed by atoms with Gasteiger partial charge in [-0.15, -0.1) is 0 Å². The van der Waals surface area contributed by atoms with Crippen LogP contribution < -0.4 is 16.2 Å². The highest BCUT2D eigenvalue weighted by atomic mass is 35.5. The number of nitrogens with zero attached hydrogens (tertiary/aromatic N) is 3. The molecule has 0 radical (unpaired) electrons. The van der Waals surface area contributed by atoms with Gasteiger partial charge in [-0.3, -0.25) is 14.2 Å². The lowest BCUT2D eigenvalue weighted by molar-refractivity contribution is 0.0876. The van der Waals surface area contributed by atoms with Gasteiger partial charge in [0, 0.05) is 6.07 Å². The van der Waals surface area contributed by atoms with Crippen LogP contribution in [0.2, 0.25) is 5.15 Å². The van der Waals surface area contributed by atoms with Crippen molar-refractivity contribution in [2.45, 2.75) is 44.7 Å². The Morgan fingerprint density at radius 3 is 2.68 bits per heavy atom. The van der Waals surface area contributed by atoms with E-state index < -0.39 is 5.66 Å². The lowest BCUT2D eigenvalue weighted by Gasteiger charge is -2.35. The molecule has 2 aromatic rings. The number of hydrogen-bond donors (Lipinski definition) is 2. The number of rotatable bonds is 2. The summed E-state index contributed by atoms with van der Waals surface area (Å²) in [5, 5.41) is 6.37. The van der Waals surface area contributed by atoms with Gasteiger partial charge in [0.05, 0.1) is 0 Å². The summed E-state index contributed by atoms with van der Waals surface area (Å²) in [7, 11) is 0. The van der Waals surface area contributed by atoms with E-state index in [0.717, 1.165) is 37.7 Å². The predicted octanol–water partition coefficient (Wildman–Crippen LogP) is 2.70. The van der Waals surface area contributed by atoms with Crippen molar-refractivity contribution < 1.29 is 4.79 Å². The molecule has 1 fully saturated rings. The summed E-state index contributed by atoms with van der Waals surface area (Å²) >= 11 is 5.88. The molecule has 1 aliphatic carbocycles. The monoisotopic (exact) mass is 359 g/mol. The van der Waals surface area contributed by atoms with Crippen molar-refractivity contribution >= 4 is 29.0 Å². The van der Waals surface area contributed by atoms with E-state index in [1.54, 1.807) is 16.7 Å². The normalized spacial score (nSPS) is 18.1. The second kappa shape index (κ2) is 5.84. The van der Waals surface area contributed by atoms with Gasteiger partial charge in [-0.1, -0.05) is 18.0 Å². The van der Waals surface area contributed by atoms with Gasteiger partial charge in [0.1, 0.15) is 34.3 Å². The fourth-order valence-corrected chi connectivity index (χ4v) is 4.02. The summed E-state index contributed by atoms with van der Waals surface area (Å²) in [5.74, 6) is 0.264. The van der Waals surface area contributed by atoms with Crippen molar-refractivity contribution in [2.24, 2.45) is 0 Å². The summed E-state index contributed by atoms with van der Waals surface area (Å²) in [6.45, 7) is 1.84. The maximum atomic E-state index is 13.2. The molecule has 7 nitrogen and oxygen atoms in total. The maximum absolute atomic E-state index is 13.2. The van der Waals surface area contributed by atoms with E-state index >= 15 is 0 Å². The minimum Gasteiger partial charge on any atom is -0.336 e. The van der Waals surface area contributed by atoms with Crippen LogP contribution >= 0.6 is 11.6 Å². The van der Waals surface area contributed by atoms with Crippen LogP contribution in [0.25, 0.3) is 0 Å². The molecule has 1 aliphatic heterocycles. The zero-order chi connectivity index (χ0) is 17.6. The highest BCUT2D eigenvalue weighted by Gasteiger charge is 2.45. The first-order valence-corrected chi connectivity index (χ1v) is 8.72. The SMILES string of the molecule is Cc1cc(Nc2cc(Cl)ncn2)c(=O)n2c1C(=O)NC21CCCCC1. The average Bonchev–Trinajstić information content (AvgIpc) is 2.85. The topological polar surface area (TPSA) is 88.9 Å². The molecule has 0 bridgehead atoms. The number of aryl methyl sites for hydroxylation is 1. The summed E-state index contributed by atoms with van der Waals surface area (Å²) in [5.41, 5.74) is 0.751. The summed E-state index contributed by atoms with van der Waals surface area (Å²) < 4.78 is 1.65. The van der Waals surface area contributed by atoms with Crippen molar-refractivity contribution in [3.05, 3.63) is 45.2 Å². The van der Waals surface area contributed by atoms with Crippen LogP contribution in [0.4, 0.5) is 11.5 Å². The van der Waals surface area contributed by atoms with Crippen LogP contribution in [0.3, 0.4) is 0 Å². The minimum absolute atomic E-state index is 0.173. The maximum Gasteiger partial charge on any atom is 0.276 e. The molecule has 2 aromatic heterocycles. The lowest BCUT2D eigenvalue weighted by atomic mass is 9.89. The molecule has 4 rings (SSSR count). The summed E-state index contributed by atoms with van der Waals surface area (Å²) in [6.07, 6.45) is 5.98. The number of halogens is 1. The van der Waals surface area contributed by atoms with Crippen molar-refractivity contribution in [3.63, 3.8) is 0 Å². The zero-order valence-corrected chi connectivity index (χ0v) is 14.6. The molecule has 0 atom stereocenters. The quantitative estimate of drug-likeness (QED) is 0.805. The third-order valence-electron chi connectivity index (χ3n) is 4.96. The number of carbonyl (C=O) groups excluding carboxylic acids is 1. The molecule has 3 heterocycles. The van der Waals surface area contributed by atoms with E-state index in [0.29, 0.717) is 17.2 Å². The lowest BCUT2D eigenvalue weighted by Crippen LogP contribution is -2.48. The first-order valence-electron chi connectivity index (χ1n) is 8.34. The number of anilines is 2. The molecule has 1 amide bonds. The van der Waals surface area contributed by atoms with Gasteiger partial charge in [-0.25, -0.2) is 9.97 Å². The van der Waals surface area contributed by atoms with Crippen molar-refractivity contribution in [1.82, 2.24) is 19.9 Å². The Balaban J connectivity index is 1.84. The molecule has 8 heteroatoms. The van der Waals surface area contributed by atoms with E-state index in [4.69, 9.17) is 11.6 Å². The van der Waals surface area contributed by atoms with Gasteiger partial charge in [0.25, 0.3) is 11.5 Å². The van der Waals surface area contributed by atoms with E-state index in [1.807, 2.05) is 6.92 Å². The minimum atomic E-state index is -0.604. The summed E-state index contributed by atoms with van der Waals surface area (Å²) in [6, 6.07) is 3.24. The molecule has 130 valence electrons. The Morgan fingerprint density at radius 2 is 1.96 bits per heavy atom. The van der Waals surface area contributed by atoms with Crippen molar-refractivity contribution in [3.8, 4) is 0 Å². The van der Waals surface area contributed by atoms with Crippen LogP contribution in [0, 0.1) is 6.92 Å². The first kappa shape index (κ1) is 16.1. The molecule has 1 saturated carbocycles. The number of pyridine rings is 1. The Kier molecular flexibility index (Phi) is 3.76. The van der Waals surface area contributed by atoms with Crippen LogP contribution in [0.5, 0.6) is 0 Å². The van der Waals surface area contributed by atoms with Gasteiger partial charge < -0.3 is 10.6 Å². The number of aromatic nitrogens is 3. The molecule has 0 unspecified atom stereocenters. The molecule has 1 spiro atoms. The second-order valence-electron chi connectivity index (χ2n) is 6.63. The van der Waals surface area contributed by atoms with Crippen LogP contribution in [0.15, 0.2) is 23.3 Å². The van der Waals surface area contributed by atoms with E-state index in [-0.39, 0.29) is 16.6 Å². The average molecular weight is 360 g/mol. The fourth-order valence-electron chi connectivity index (χ4n) is 3.88. The van der Waals surface area contributed by atoms with E-state index in [9.17, 15) is 9.59 Å².